The fraction of sp³-hybridized carbons (Fsp3) is 0.867. The molecule has 2 fully saturated rings. The second kappa shape index (κ2) is 6.57. The maximum absolute atomic E-state index is 12.9. The Hall–Kier alpha value is -1.10. The van der Waals surface area contributed by atoms with Crippen LogP contribution in [0, 0.1) is 5.41 Å². The predicted molar refractivity (Wildman–Crippen MR) is 76.2 cm³/mol. The highest BCUT2D eigenvalue weighted by atomic mass is 16.5. The zero-order valence-electron chi connectivity index (χ0n) is 12.6. The quantitative estimate of drug-likeness (QED) is 0.793. The first-order valence-corrected chi connectivity index (χ1v) is 7.77. The molecule has 5 heteroatoms. The van der Waals surface area contributed by atoms with Crippen molar-refractivity contribution < 1.29 is 14.3 Å². The van der Waals surface area contributed by atoms with Crippen LogP contribution < -0.4 is 5.32 Å². The number of hydrogen-bond acceptors (Lipinski definition) is 4. The molecule has 1 aliphatic carbocycles. The van der Waals surface area contributed by atoms with Crippen LogP contribution >= 0.6 is 0 Å². The molecule has 1 atom stereocenters. The number of nitrogens with one attached hydrogen (secondary N) is 1. The minimum atomic E-state index is -0.463. The van der Waals surface area contributed by atoms with E-state index in [9.17, 15) is 9.59 Å². The Morgan fingerprint density at radius 3 is 2.65 bits per heavy atom. The summed E-state index contributed by atoms with van der Waals surface area (Å²) in [6.07, 6.45) is 5.30. The van der Waals surface area contributed by atoms with Crippen LogP contribution in [0.5, 0.6) is 0 Å². The first kappa shape index (κ1) is 15.3. The van der Waals surface area contributed by atoms with Gasteiger partial charge >= 0.3 is 5.97 Å². The fourth-order valence-corrected chi connectivity index (χ4v) is 3.29. The Bertz CT molecular complexity index is 364. The van der Waals surface area contributed by atoms with Gasteiger partial charge in [0.2, 0.25) is 5.91 Å². The van der Waals surface area contributed by atoms with E-state index in [4.69, 9.17) is 4.74 Å². The van der Waals surface area contributed by atoms with Crippen molar-refractivity contribution in [2.45, 2.75) is 52.0 Å². The van der Waals surface area contributed by atoms with Gasteiger partial charge in [-0.15, -0.1) is 0 Å². The molecule has 1 aliphatic heterocycles. The van der Waals surface area contributed by atoms with E-state index in [0.29, 0.717) is 19.7 Å². The minimum Gasteiger partial charge on any atom is -0.464 e. The van der Waals surface area contributed by atoms with Crippen molar-refractivity contribution in [1.82, 2.24) is 10.2 Å². The van der Waals surface area contributed by atoms with Gasteiger partial charge in [0.25, 0.3) is 0 Å². The molecule has 1 N–H and O–H groups in total. The lowest BCUT2D eigenvalue weighted by Gasteiger charge is -2.42. The zero-order valence-corrected chi connectivity index (χ0v) is 12.6. The predicted octanol–water partition coefficient (Wildman–Crippen LogP) is 1.32. The summed E-state index contributed by atoms with van der Waals surface area (Å²) in [5.41, 5.74) is -0.291. The van der Waals surface area contributed by atoms with Gasteiger partial charge in [-0.25, -0.2) is 4.79 Å². The highest BCUT2D eigenvalue weighted by Crippen LogP contribution is 2.38. The van der Waals surface area contributed by atoms with Gasteiger partial charge in [0, 0.05) is 25.0 Å². The number of carbonyl (C=O) groups excluding carboxylic acids is 2. The summed E-state index contributed by atoms with van der Waals surface area (Å²) in [5.74, 6) is -0.149. The Morgan fingerprint density at radius 1 is 1.30 bits per heavy atom. The number of nitrogens with zero attached hydrogens (tertiary/aromatic N) is 1. The van der Waals surface area contributed by atoms with Gasteiger partial charge in [0.1, 0.15) is 6.04 Å². The Morgan fingerprint density at radius 2 is 2.00 bits per heavy atom. The van der Waals surface area contributed by atoms with E-state index >= 15 is 0 Å². The monoisotopic (exact) mass is 282 g/mol. The van der Waals surface area contributed by atoms with Crippen molar-refractivity contribution in [3.63, 3.8) is 0 Å². The van der Waals surface area contributed by atoms with Crippen LogP contribution in [-0.4, -0.2) is 49.1 Å². The molecule has 0 radical (unpaired) electrons. The van der Waals surface area contributed by atoms with E-state index < -0.39 is 6.04 Å². The van der Waals surface area contributed by atoms with Gasteiger partial charge in [0.15, 0.2) is 0 Å². The number of esters is 1. The summed E-state index contributed by atoms with van der Waals surface area (Å²) < 4.78 is 5.11. The molecule has 114 valence electrons. The standard InChI is InChI=1S/C15H26N2O3/c1-3-20-13(18)12-11-16-9-10-17(12)14(19)15(2)7-5-4-6-8-15/h12,16H,3-11H2,1-2H3. The molecular weight excluding hydrogens is 256 g/mol. The van der Waals surface area contributed by atoms with Gasteiger partial charge in [0.05, 0.1) is 6.61 Å². The summed E-state index contributed by atoms with van der Waals surface area (Å²) in [6, 6.07) is -0.463. The minimum absolute atomic E-state index is 0.136. The summed E-state index contributed by atoms with van der Waals surface area (Å²) in [6.45, 7) is 6.05. The van der Waals surface area contributed by atoms with Crippen molar-refractivity contribution in [2.75, 3.05) is 26.2 Å². The molecule has 0 aromatic carbocycles. The lowest BCUT2D eigenvalue weighted by atomic mass is 9.74. The van der Waals surface area contributed by atoms with E-state index in [1.165, 1.54) is 6.42 Å². The number of rotatable bonds is 3. The summed E-state index contributed by atoms with van der Waals surface area (Å²) in [7, 11) is 0. The number of ether oxygens (including phenoxy) is 1. The topological polar surface area (TPSA) is 58.6 Å². The second-order valence-corrected chi connectivity index (χ2v) is 6.09. The molecule has 1 heterocycles. The normalized spacial score (nSPS) is 26.1. The lowest BCUT2D eigenvalue weighted by Crippen LogP contribution is -2.60. The second-order valence-electron chi connectivity index (χ2n) is 6.09. The maximum atomic E-state index is 12.9. The Balaban J connectivity index is 2.10. The van der Waals surface area contributed by atoms with Gasteiger partial charge in [-0.3, -0.25) is 4.79 Å². The molecule has 1 saturated carbocycles. The van der Waals surface area contributed by atoms with E-state index in [2.05, 4.69) is 12.2 Å². The van der Waals surface area contributed by atoms with Crippen molar-refractivity contribution in [3.05, 3.63) is 0 Å². The first-order chi connectivity index (χ1) is 9.58. The third-order valence-electron chi connectivity index (χ3n) is 4.54. The van der Waals surface area contributed by atoms with Crippen LogP contribution in [0.15, 0.2) is 0 Å². The van der Waals surface area contributed by atoms with E-state index in [1.54, 1.807) is 11.8 Å². The first-order valence-electron chi connectivity index (χ1n) is 7.77. The molecule has 0 aromatic heterocycles. The van der Waals surface area contributed by atoms with Gasteiger partial charge < -0.3 is 15.0 Å². The van der Waals surface area contributed by atoms with Crippen LogP contribution in [0.4, 0.5) is 0 Å². The maximum Gasteiger partial charge on any atom is 0.330 e. The average Bonchev–Trinajstić information content (AvgIpc) is 2.47. The Labute approximate surface area is 121 Å². The van der Waals surface area contributed by atoms with Gasteiger partial charge in [-0.2, -0.15) is 0 Å². The zero-order chi connectivity index (χ0) is 14.6. The molecule has 0 spiro atoms. The van der Waals surface area contributed by atoms with Crippen molar-refractivity contribution in [1.29, 1.82) is 0 Å². The number of hydrogen-bond donors (Lipinski definition) is 1. The largest absolute Gasteiger partial charge is 0.464 e. The number of amides is 1. The van der Waals surface area contributed by atoms with Crippen LogP contribution in [0.25, 0.3) is 0 Å². The summed E-state index contributed by atoms with van der Waals surface area (Å²) in [4.78, 5) is 26.7. The average molecular weight is 282 g/mol. The van der Waals surface area contributed by atoms with E-state index in [1.807, 2.05) is 0 Å². The van der Waals surface area contributed by atoms with Crippen LogP contribution in [-0.2, 0) is 14.3 Å². The highest BCUT2D eigenvalue weighted by Gasteiger charge is 2.42. The molecule has 20 heavy (non-hydrogen) atoms. The van der Waals surface area contributed by atoms with Crippen LogP contribution in [0.3, 0.4) is 0 Å². The molecule has 5 nitrogen and oxygen atoms in total. The highest BCUT2D eigenvalue weighted by molar-refractivity contribution is 5.88. The molecule has 2 aliphatic rings. The molecule has 1 unspecified atom stereocenters. The molecule has 2 rings (SSSR count). The molecule has 1 amide bonds. The van der Waals surface area contributed by atoms with Crippen LogP contribution in [0.1, 0.15) is 46.0 Å². The van der Waals surface area contributed by atoms with Gasteiger partial charge in [-0.1, -0.05) is 26.2 Å². The third-order valence-corrected chi connectivity index (χ3v) is 4.54. The van der Waals surface area contributed by atoms with E-state index in [-0.39, 0.29) is 17.3 Å². The lowest BCUT2D eigenvalue weighted by molar-refractivity contribution is -0.160. The van der Waals surface area contributed by atoms with Crippen molar-refractivity contribution in [2.24, 2.45) is 5.41 Å². The molecule has 0 aromatic rings. The fourth-order valence-electron chi connectivity index (χ4n) is 3.29. The smallest absolute Gasteiger partial charge is 0.330 e. The summed E-state index contributed by atoms with van der Waals surface area (Å²) in [5, 5.41) is 3.18. The third kappa shape index (κ3) is 3.14. The molecular formula is C15H26N2O3. The summed E-state index contributed by atoms with van der Waals surface area (Å²) >= 11 is 0. The molecule has 1 saturated heterocycles. The van der Waals surface area contributed by atoms with Crippen molar-refractivity contribution in [3.8, 4) is 0 Å². The van der Waals surface area contributed by atoms with Crippen molar-refractivity contribution >= 4 is 11.9 Å². The van der Waals surface area contributed by atoms with Gasteiger partial charge in [-0.05, 0) is 19.8 Å². The van der Waals surface area contributed by atoms with Crippen LogP contribution in [0.2, 0.25) is 0 Å². The Kier molecular flexibility index (Phi) is 5.02. The SMILES string of the molecule is CCOC(=O)C1CNCCN1C(=O)C1(C)CCCCC1. The number of carbonyl (C=O) groups is 2. The number of piperazine rings is 1. The van der Waals surface area contributed by atoms with E-state index in [0.717, 1.165) is 32.2 Å². The molecule has 0 bridgehead atoms.